The fraction of sp³-hybridized carbons (Fsp3) is 0.417. The van der Waals surface area contributed by atoms with E-state index in [0.717, 1.165) is 23.7 Å². The Morgan fingerprint density at radius 3 is 2.94 bits per heavy atom. The highest BCUT2D eigenvalue weighted by Gasteiger charge is 2.09. The van der Waals surface area contributed by atoms with Crippen molar-refractivity contribution in [1.29, 1.82) is 0 Å². The van der Waals surface area contributed by atoms with Crippen LogP contribution < -0.4 is 0 Å². The molecule has 0 fully saturated rings. The number of Topliss-reactive ketones (excluding diaryl/α,β-unsaturated/α-hetero) is 1. The summed E-state index contributed by atoms with van der Waals surface area (Å²) in [6, 6.07) is 3.36. The van der Waals surface area contributed by atoms with E-state index >= 15 is 0 Å². The van der Waals surface area contributed by atoms with Gasteiger partial charge in [0, 0.05) is 13.0 Å². The molecule has 1 N–H and O–H groups in total. The summed E-state index contributed by atoms with van der Waals surface area (Å²) in [4.78, 5) is 11.6. The van der Waals surface area contributed by atoms with E-state index < -0.39 is 0 Å². The molecule has 0 aliphatic heterocycles. The molecule has 0 amide bonds. The van der Waals surface area contributed by atoms with Gasteiger partial charge in [-0.15, -0.1) is 0 Å². The smallest absolute Gasteiger partial charge is 0.202 e. The van der Waals surface area contributed by atoms with E-state index in [2.05, 4.69) is 15.9 Å². The average Bonchev–Trinajstić information content (AvgIpc) is 2.77. The molecular weight excluding hydrogens is 272 g/mol. The molecule has 1 aromatic heterocycles. The molecule has 0 atom stereocenters. The van der Waals surface area contributed by atoms with Gasteiger partial charge in [-0.1, -0.05) is 22.0 Å². The molecule has 0 unspecified atom stereocenters. The van der Waals surface area contributed by atoms with Crippen LogP contribution in [0.15, 0.2) is 33.4 Å². The average molecular weight is 287 g/mol. The van der Waals surface area contributed by atoms with Gasteiger partial charge in [-0.3, -0.25) is 4.79 Å². The van der Waals surface area contributed by atoms with Crippen molar-refractivity contribution in [3.63, 3.8) is 0 Å². The summed E-state index contributed by atoms with van der Waals surface area (Å²) >= 11 is 3.35. The molecule has 0 saturated carbocycles. The number of hydrogen-bond acceptors (Lipinski definition) is 3. The normalized spacial score (nSPS) is 11.8. The van der Waals surface area contributed by atoms with Gasteiger partial charge in [0.2, 0.25) is 5.78 Å². The van der Waals surface area contributed by atoms with Crippen molar-refractivity contribution in [2.24, 2.45) is 0 Å². The summed E-state index contributed by atoms with van der Waals surface area (Å²) in [5.41, 5.74) is 0. The Morgan fingerprint density at radius 2 is 2.31 bits per heavy atom. The fourth-order valence-electron chi connectivity index (χ4n) is 1.26. The predicted octanol–water partition coefficient (Wildman–Crippen LogP) is 3.29. The van der Waals surface area contributed by atoms with E-state index in [4.69, 9.17) is 9.52 Å². The first-order valence-electron chi connectivity index (χ1n) is 5.26. The summed E-state index contributed by atoms with van der Waals surface area (Å²) in [6.45, 7) is 0.219. The van der Waals surface area contributed by atoms with E-state index in [0.29, 0.717) is 12.2 Å². The van der Waals surface area contributed by atoms with E-state index in [-0.39, 0.29) is 12.4 Å². The number of hydrogen-bond donors (Lipinski definition) is 1. The second-order valence-corrected chi connectivity index (χ2v) is 4.47. The number of carbonyl (C=O) groups is 1. The Morgan fingerprint density at radius 1 is 1.50 bits per heavy atom. The molecule has 16 heavy (non-hydrogen) atoms. The maximum atomic E-state index is 11.6. The third-order valence-corrected chi connectivity index (χ3v) is 2.71. The van der Waals surface area contributed by atoms with E-state index in [1.54, 1.807) is 12.1 Å². The third-order valence-electron chi connectivity index (χ3n) is 2.10. The van der Waals surface area contributed by atoms with Crippen LogP contribution >= 0.6 is 15.9 Å². The molecule has 0 aliphatic rings. The lowest BCUT2D eigenvalue weighted by atomic mass is 10.2. The summed E-state index contributed by atoms with van der Waals surface area (Å²) < 4.78 is 5.88. The molecule has 4 heteroatoms. The van der Waals surface area contributed by atoms with Gasteiger partial charge < -0.3 is 9.52 Å². The van der Waals surface area contributed by atoms with Gasteiger partial charge in [-0.2, -0.15) is 0 Å². The second-order valence-electron chi connectivity index (χ2n) is 3.45. The number of allylic oxidation sites excluding steroid dienone is 2. The topological polar surface area (TPSA) is 50.4 Å². The van der Waals surface area contributed by atoms with Gasteiger partial charge in [0.25, 0.3) is 0 Å². The number of furan rings is 1. The highest BCUT2D eigenvalue weighted by atomic mass is 79.9. The van der Waals surface area contributed by atoms with Crippen molar-refractivity contribution < 1.29 is 14.3 Å². The Hall–Kier alpha value is -0.870. The molecular formula is C12H15BrO3. The number of halogens is 1. The standard InChI is InChI=1S/C12H15BrO3/c13-10(5-2-1-3-7-14)9-11(15)12-6-4-8-16-12/h4-6,8,14H,1-3,7,9H2/b10-5-. The molecule has 0 spiro atoms. The summed E-state index contributed by atoms with van der Waals surface area (Å²) in [6.07, 6.45) is 6.38. The Balaban J connectivity index is 2.33. The van der Waals surface area contributed by atoms with Gasteiger partial charge >= 0.3 is 0 Å². The van der Waals surface area contributed by atoms with Crippen LogP contribution in [0.3, 0.4) is 0 Å². The lowest BCUT2D eigenvalue weighted by molar-refractivity contribution is 0.0968. The maximum absolute atomic E-state index is 11.6. The summed E-state index contributed by atoms with van der Waals surface area (Å²) in [5, 5.41) is 8.60. The van der Waals surface area contributed by atoms with Crippen LogP contribution in [0.5, 0.6) is 0 Å². The van der Waals surface area contributed by atoms with Crippen LogP contribution in [-0.4, -0.2) is 17.5 Å². The molecule has 3 nitrogen and oxygen atoms in total. The maximum Gasteiger partial charge on any atom is 0.202 e. The molecule has 88 valence electrons. The van der Waals surface area contributed by atoms with Crippen LogP contribution in [0, 0.1) is 0 Å². The number of aliphatic hydroxyl groups is 1. The highest BCUT2D eigenvalue weighted by molar-refractivity contribution is 9.11. The van der Waals surface area contributed by atoms with Gasteiger partial charge in [0.05, 0.1) is 6.26 Å². The number of rotatable bonds is 7. The lowest BCUT2D eigenvalue weighted by Crippen LogP contribution is -1.96. The third kappa shape index (κ3) is 4.77. The van der Waals surface area contributed by atoms with Crippen molar-refractivity contribution >= 4 is 21.7 Å². The zero-order chi connectivity index (χ0) is 11.8. The Bertz CT molecular complexity index is 341. The van der Waals surface area contributed by atoms with Gasteiger partial charge in [0.1, 0.15) is 0 Å². The first-order valence-corrected chi connectivity index (χ1v) is 6.05. The first-order chi connectivity index (χ1) is 7.74. The van der Waals surface area contributed by atoms with E-state index in [9.17, 15) is 4.79 Å². The zero-order valence-electron chi connectivity index (χ0n) is 8.99. The van der Waals surface area contributed by atoms with Crippen LogP contribution in [0.4, 0.5) is 0 Å². The van der Waals surface area contributed by atoms with Crippen LogP contribution in [-0.2, 0) is 0 Å². The van der Waals surface area contributed by atoms with E-state index in [1.165, 1.54) is 6.26 Å². The molecule has 0 aliphatic carbocycles. The number of unbranched alkanes of at least 4 members (excludes halogenated alkanes) is 2. The largest absolute Gasteiger partial charge is 0.461 e. The van der Waals surface area contributed by atoms with Crippen LogP contribution in [0.25, 0.3) is 0 Å². The van der Waals surface area contributed by atoms with Crippen LogP contribution in [0.2, 0.25) is 0 Å². The SMILES string of the molecule is O=C(C/C(Br)=C/CCCCO)c1ccco1. The molecule has 0 saturated heterocycles. The Labute approximate surface area is 103 Å². The van der Waals surface area contributed by atoms with Crippen molar-refractivity contribution in [3.05, 3.63) is 34.7 Å². The second kappa shape index (κ2) is 7.41. The van der Waals surface area contributed by atoms with Gasteiger partial charge in [0.15, 0.2) is 5.76 Å². The number of ketones is 1. The molecule has 1 heterocycles. The molecule has 0 bridgehead atoms. The fourth-order valence-corrected chi connectivity index (χ4v) is 1.75. The number of carbonyl (C=O) groups excluding carboxylic acids is 1. The molecule has 0 radical (unpaired) electrons. The van der Waals surface area contributed by atoms with Crippen molar-refractivity contribution in [3.8, 4) is 0 Å². The van der Waals surface area contributed by atoms with Crippen molar-refractivity contribution in [2.45, 2.75) is 25.7 Å². The zero-order valence-corrected chi connectivity index (χ0v) is 10.6. The molecule has 1 rings (SSSR count). The minimum Gasteiger partial charge on any atom is -0.461 e. The quantitative estimate of drug-likeness (QED) is 0.618. The lowest BCUT2D eigenvalue weighted by Gasteiger charge is -1.97. The minimum atomic E-state index is -0.0321. The number of aliphatic hydroxyl groups excluding tert-OH is 1. The van der Waals surface area contributed by atoms with E-state index in [1.807, 2.05) is 6.08 Å². The summed E-state index contributed by atoms with van der Waals surface area (Å²) in [7, 11) is 0. The summed E-state index contributed by atoms with van der Waals surface area (Å²) in [5.74, 6) is 0.357. The predicted molar refractivity (Wildman–Crippen MR) is 65.6 cm³/mol. The van der Waals surface area contributed by atoms with Crippen molar-refractivity contribution in [2.75, 3.05) is 6.61 Å². The van der Waals surface area contributed by atoms with Crippen molar-refractivity contribution in [1.82, 2.24) is 0 Å². The Kier molecular flexibility index (Phi) is 6.11. The first kappa shape index (κ1) is 13.2. The molecule has 0 aromatic carbocycles. The van der Waals surface area contributed by atoms with Crippen LogP contribution in [0.1, 0.15) is 36.2 Å². The monoisotopic (exact) mass is 286 g/mol. The van der Waals surface area contributed by atoms with Gasteiger partial charge in [-0.05, 0) is 35.9 Å². The van der Waals surface area contributed by atoms with Gasteiger partial charge in [-0.25, -0.2) is 0 Å². The highest BCUT2D eigenvalue weighted by Crippen LogP contribution is 2.16. The minimum absolute atomic E-state index is 0.0321. The molecule has 1 aromatic rings.